The van der Waals surface area contributed by atoms with Crippen molar-refractivity contribution in [2.24, 2.45) is 5.92 Å². The highest BCUT2D eigenvalue weighted by molar-refractivity contribution is 5.94. The third-order valence-corrected chi connectivity index (χ3v) is 4.80. The molecule has 0 bridgehead atoms. The van der Waals surface area contributed by atoms with Gasteiger partial charge in [-0.2, -0.15) is 0 Å². The van der Waals surface area contributed by atoms with Crippen LogP contribution in [0.25, 0.3) is 11.1 Å². The van der Waals surface area contributed by atoms with E-state index in [-0.39, 0.29) is 55.0 Å². The Hall–Kier alpha value is -2.18. The molecule has 1 aliphatic heterocycles. The van der Waals surface area contributed by atoms with Gasteiger partial charge in [0.05, 0.1) is 5.92 Å². The molecule has 2 N–H and O–H groups in total. The maximum absolute atomic E-state index is 12.9. The van der Waals surface area contributed by atoms with E-state index in [0.29, 0.717) is 6.54 Å². The van der Waals surface area contributed by atoms with Crippen molar-refractivity contribution in [3.05, 3.63) is 78.9 Å². The summed E-state index contributed by atoms with van der Waals surface area (Å²) >= 11 is 0. The second kappa shape index (κ2) is 11.7. The summed E-state index contributed by atoms with van der Waals surface area (Å²) in [6, 6.07) is 18.0. The zero-order valence-corrected chi connectivity index (χ0v) is 18.0. The predicted octanol–water partition coefficient (Wildman–Crippen LogP) is 4.35. The van der Waals surface area contributed by atoms with Crippen LogP contribution in [0.15, 0.2) is 73.3 Å². The van der Waals surface area contributed by atoms with Crippen LogP contribution < -0.4 is 10.6 Å². The molecule has 1 aliphatic rings. The predicted molar refractivity (Wildman–Crippen MR) is 123 cm³/mol. The van der Waals surface area contributed by atoms with Crippen LogP contribution in [-0.4, -0.2) is 29.0 Å². The molecule has 5 nitrogen and oxygen atoms in total. The molecule has 3 aromatic rings. The van der Waals surface area contributed by atoms with Gasteiger partial charge in [-0.05, 0) is 23.3 Å². The van der Waals surface area contributed by atoms with Gasteiger partial charge in [-0.25, -0.2) is 9.97 Å². The minimum atomic E-state index is -0.0823. The fraction of sp³-hybridized carbons (Fsp3) is 0.190. The Balaban J connectivity index is 0.00000140. The monoisotopic (exact) mass is 452 g/mol. The number of hydrogen-bond donors (Lipinski definition) is 2. The van der Waals surface area contributed by atoms with Crippen molar-refractivity contribution in [2.45, 2.75) is 5.92 Å². The Morgan fingerprint density at radius 3 is 2.34 bits per heavy atom. The number of carbonyl (C=O) groups is 1. The summed E-state index contributed by atoms with van der Waals surface area (Å²) in [5.74, 6) is 0.160. The smallest absolute Gasteiger partial charge is 0.229 e. The van der Waals surface area contributed by atoms with Crippen LogP contribution in [-0.2, 0) is 4.79 Å². The Labute approximate surface area is 189 Å². The molecule has 0 unspecified atom stereocenters. The van der Waals surface area contributed by atoms with Crippen molar-refractivity contribution < 1.29 is 4.79 Å². The fourth-order valence-corrected chi connectivity index (χ4v) is 3.46. The molecule has 1 fully saturated rings. The standard InChI is InChI=1S/C21H20N4O.3ClH/c26-21(20-13-22-12-19(20)15-5-2-1-3-6-15)25-18-8-4-7-16(9-18)17-10-23-14-24-11-17;;;/h1-11,14,19-20,22H,12-13H2,(H,25,26);3*1H/t19-,20+;;;/m0.../s1. The van der Waals surface area contributed by atoms with Gasteiger partial charge in [-0.1, -0.05) is 42.5 Å². The summed E-state index contributed by atoms with van der Waals surface area (Å²) in [6.45, 7) is 1.51. The van der Waals surface area contributed by atoms with Crippen LogP contribution in [0.3, 0.4) is 0 Å². The molecule has 0 radical (unpaired) electrons. The molecular formula is C21H23Cl3N4O. The maximum Gasteiger partial charge on any atom is 0.229 e. The van der Waals surface area contributed by atoms with E-state index in [1.807, 2.05) is 42.5 Å². The third kappa shape index (κ3) is 5.90. The Bertz CT molecular complexity index is 897. The minimum absolute atomic E-state index is 0. The van der Waals surface area contributed by atoms with Gasteiger partial charge in [0.1, 0.15) is 6.33 Å². The lowest BCUT2D eigenvalue weighted by Gasteiger charge is -2.19. The topological polar surface area (TPSA) is 66.9 Å². The first kappa shape index (κ1) is 24.9. The Kier molecular flexibility index (Phi) is 10.1. The third-order valence-electron chi connectivity index (χ3n) is 4.80. The molecule has 2 heterocycles. The van der Waals surface area contributed by atoms with Crippen LogP contribution in [0, 0.1) is 5.92 Å². The first-order valence-electron chi connectivity index (χ1n) is 8.73. The summed E-state index contributed by atoms with van der Waals surface area (Å²) in [5, 5.41) is 6.42. The van der Waals surface area contributed by atoms with Gasteiger partial charge >= 0.3 is 0 Å². The number of benzene rings is 2. The summed E-state index contributed by atoms with van der Waals surface area (Å²) in [7, 11) is 0. The molecule has 1 saturated heterocycles. The Morgan fingerprint density at radius 1 is 0.897 bits per heavy atom. The van der Waals surface area contributed by atoms with Crippen LogP contribution in [0.4, 0.5) is 5.69 Å². The molecular weight excluding hydrogens is 431 g/mol. The van der Waals surface area contributed by atoms with E-state index >= 15 is 0 Å². The van der Waals surface area contributed by atoms with Crippen molar-refractivity contribution in [1.82, 2.24) is 15.3 Å². The van der Waals surface area contributed by atoms with Gasteiger partial charge in [0, 0.05) is 42.7 Å². The van der Waals surface area contributed by atoms with Crippen molar-refractivity contribution >= 4 is 48.8 Å². The molecule has 1 amide bonds. The quantitative estimate of drug-likeness (QED) is 0.616. The van der Waals surface area contributed by atoms with Crippen LogP contribution in [0.2, 0.25) is 0 Å². The first-order chi connectivity index (χ1) is 12.8. The van der Waals surface area contributed by atoms with E-state index in [2.05, 4.69) is 32.7 Å². The lowest BCUT2D eigenvalue weighted by atomic mass is 9.88. The zero-order valence-electron chi connectivity index (χ0n) is 15.5. The van der Waals surface area contributed by atoms with E-state index in [0.717, 1.165) is 23.4 Å². The largest absolute Gasteiger partial charge is 0.326 e. The van der Waals surface area contributed by atoms with Gasteiger partial charge in [0.25, 0.3) is 0 Å². The zero-order chi connectivity index (χ0) is 17.8. The number of aromatic nitrogens is 2. The van der Waals surface area contributed by atoms with Gasteiger partial charge < -0.3 is 10.6 Å². The number of rotatable bonds is 4. The van der Waals surface area contributed by atoms with Gasteiger partial charge in [0.2, 0.25) is 5.91 Å². The minimum Gasteiger partial charge on any atom is -0.326 e. The van der Waals surface area contributed by atoms with Crippen molar-refractivity contribution in [1.29, 1.82) is 0 Å². The van der Waals surface area contributed by atoms with Crippen molar-refractivity contribution in [3.63, 3.8) is 0 Å². The van der Waals surface area contributed by atoms with E-state index in [4.69, 9.17) is 0 Å². The second-order valence-corrected chi connectivity index (χ2v) is 6.48. The van der Waals surface area contributed by atoms with Gasteiger partial charge in [-0.3, -0.25) is 4.79 Å². The molecule has 2 aromatic carbocycles. The highest BCUT2D eigenvalue weighted by Gasteiger charge is 2.33. The number of amides is 1. The molecule has 1 aromatic heterocycles. The molecule has 0 aliphatic carbocycles. The number of nitrogens with one attached hydrogen (secondary N) is 2. The number of nitrogens with zero attached hydrogens (tertiary/aromatic N) is 2. The van der Waals surface area contributed by atoms with Crippen molar-refractivity contribution in [3.8, 4) is 11.1 Å². The summed E-state index contributed by atoms with van der Waals surface area (Å²) in [6.07, 6.45) is 5.03. The fourth-order valence-electron chi connectivity index (χ4n) is 3.46. The van der Waals surface area contributed by atoms with Gasteiger partial charge in [0.15, 0.2) is 0 Å². The molecule has 0 saturated carbocycles. The average Bonchev–Trinajstić information content (AvgIpc) is 3.20. The molecule has 2 atom stereocenters. The van der Waals surface area contributed by atoms with Crippen LogP contribution in [0.1, 0.15) is 11.5 Å². The normalized spacial score (nSPS) is 17.2. The average molecular weight is 454 g/mol. The molecule has 8 heteroatoms. The van der Waals surface area contributed by atoms with Crippen LogP contribution in [0.5, 0.6) is 0 Å². The Morgan fingerprint density at radius 2 is 1.62 bits per heavy atom. The maximum atomic E-state index is 12.9. The summed E-state index contributed by atoms with van der Waals surface area (Å²) in [4.78, 5) is 21.0. The van der Waals surface area contributed by atoms with E-state index in [1.54, 1.807) is 12.4 Å². The molecule has 154 valence electrons. The SMILES string of the molecule is Cl.Cl.Cl.O=C(Nc1cccc(-c2cncnc2)c1)[C@@H]1CNC[C@H]1c1ccccc1. The highest BCUT2D eigenvalue weighted by Crippen LogP contribution is 2.29. The number of halogens is 3. The first-order valence-corrected chi connectivity index (χ1v) is 8.73. The lowest BCUT2D eigenvalue weighted by molar-refractivity contribution is -0.119. The lowest BCUT2D eigenvalue weighted by Crippen LogP contribution is -2.28. The molecule has 4 rings (SSSR count). The summed E-state index contributed by atoms with van der Waals surface area (Å²) in [5.41, 5.74) is 3.89. The second-order valence-electron chi connectivity index (χ2n) is 6.48. The number of anilines is 1. The molecule has 29 heavy (non-hydrogen) atoms. The van der Waals surface area contributed by atoms with Crippen LogP contribution >= 0.6 is 37.2 Å². The van der Waals surface area contributed by atoms with E-state index in [1.165, 1.54) is 11.9 Å². The van der Waals surface area contributed by atoms with E-state index in [9.17, 15) is 4.79 Å². The van der Waals surface area contributed by atoms with Crippen molar-refractivity contribution in [2.75, 3.05) is 18.4 Å². The number of carbonyl (C=O) groups excluding carboxylic acids is 1. The number of hydrogen-bond acceptors (Lipinski definition) is 4. The highest BCUT2D eigenvalue weighted by atomic mass is 35.5. The van der Waals surface area contributed by atoms with Gasteiger partial charge in [-0.15, -0.1) is 37.2 Å². The molecule has 0 spiro atoms. The summed E-state index contributed by atoms with van der Waals surface area (Å²) < 4.78 is 0. The van der Waals surface area contributed by atoms with E-state index < -0.39 is 0 Å².